The number of fused-ring (bicyclic) bond motifs is 1. The Balaban J connectivity index is 1.80. The zero-order chi connectivity index (χ0) is 15.8. The molecular formula is C17H18ClN5. The number of rotatable bonds is 2. The lowest BCUT2D eigenvalue weighted by atomic mass is 10.1. The molecule has 4 rings (SSSR count). The first-order valence-electron chi connectivity index (χ1n) is 7.75. The Bertz CT molecular complexity index is 836. The van der Waals surface area contributed by atoms with Crippen LogP contribution in [0.2, 0.25) is 5.02 Å². The fraction of sp³-hybridized carbons (Fsp3) is 0.294. The zero-order valence-corrected chi connectivity index (χ0v) is 13.7. The number of hydrogen-bond acceptors (Lipinski definition) is 4. The van der Waals surface area contributed by atoms with Crippen molar-refractivity contribution in [3.8, 4) is 11.1 Å². The van der Waals surface area contributed by atoms with Crippen LogP contribution in [0.4, 0.5) is 5.82 Å². The van der Waals surface area contributed by atoms with Crippen molar-refractivity contribution in [3.05, 3.63) is 47.7 Å². The molecule has 23 heavy (non-hydrogen) atoms. The number of nitrogens with zero attached hydrogens (tertiary/aromatic N) is 5. The van der Waals surface area contributed by atoms with E-state index in [4.69, 9.17) is 11.6 Å². The van der Waals surface area contributed by atoms with Gasteiger partial charge in [0.15, 0.2) is 5.65 Å². The minimum Gasteiger partial charge on any atom is -0.354 e. The number of likely N-dealkylation sites (N-methyl/N-ethyl adjacent to an activating group) is 1. The van der Waals surface area contributed by atoms with Crippen LogP contribution in [0, 0.1) is 0 Å². The van der Waals surface area contributed by atoms with Crippen LogP contribution >= 0.6 is 11.6 Å². The van der Waals surface area contributed by atoms with Gasteiger partial charge in [0.1, 0.15) is 5.82 Å². The van der Waals surface area contributed by atoms with E-state index in [2.05, 4.69) is 26.9 Å². The molecule has 0 N–H and O–H groups in total. The Labute approximate surface area is 140 Å². The molecule has 3 aromatic rings. The predicted octanol–water partition coefficient (Wildman–Crippen LogP) is 2.80. The standard InChI is InChI=1S/C17H18ClN5/c1-21-8-10-22(11-9-21)16-6-7-19-17-14(12-20-23(16)17)13-4-2-3-5-15(13)18/h2-7,12H,8-11H2,1H3. The average molecular weight is 328 g/mol. The van der Waals surface area contributed by atoms with Gasteiger partial charge >= 0.3 is 0 Å². The Hall–Kier alpha value is -2.11. The van der Waals surface area contributed by atoms with E-state index in [1.165, 1.54) is 0 Å². The molecule has 2 aromatic heterocycles. The van der Waals surface area contributed by atoms with Gasteiger partial charge in [0.05, 0.1) is 6.20 Å². The fourth-order valence-corrected chi connectivity index (χ4v) is 3.26. The van der Waals surface area contributed by atoms with Gasteiger partial charge < -0.3 is 9.80 Å². The van der Waals surface area contributed by atoms with E-state index < -0.39 is 0 Å². The molecule has 0 atom stereocenters. The topological polar surface area (TPSA) is 36.7 Å². The van der Waals surface area contributed by atoms with E-state index in [1.807, 2.05) is 47.2 Å². The molecule has 0 spiro atoms. The molecule has 0 radical (unpaired) electrons. The van der Waals surface area contributed by atoms with Crippen molar-refractivity contribution in [1.29, 1.82) is 0 Å². The Morgan fingerprint density at radius 3 is 2.57 bits per heavy atom. The largest absolute Gasteiger partial charge is 0.354 e. The van der Waals surface area contributed by atoms with Crippen LogP contribution < -0.4 is 4.90 Å². The molecule has 118 valence electrons. The molecule has 0 amide bonds. The number of anilines is 1. The van der Waals surface area contributed by atoms with Crippen molar-refractivity contribution < 1.29 is 0 Å². The monoisotopic (exact) mass is 327 g/mol. The highest BCUT2D eigenvalue weighted by atomic mass is 35.5. The first-order chi connectivity index (χ1) is 11.2. The molecule has 6 heteroatoms. The zero-order valence-electron chi connectivity index (χ0n) is 13.0. The van der Waals surface area contributed by atoms with E-state index in [0.717, 1.165) is 48.8 Å². The van der Waals surface area contributed by atoms with Gasteiger partial charge in [0.25, 0.3) is 0 Å². The van der Waals surface area contributed by atoms with Gasteiger partial charge in [-0.15, -0.1) is 0 Å². The van der Waals surface area contributed by atoms with Crippen LogP contribution in [0.25, 0.3) is 16.8 Å². The first-order valence-corrected chi connectivity index (χ1v) is 8.13. The summed E-state index contributed by atoms with van der Waals surface area (Å²) in [5.41, 5.74) is 2.77. The van der Waals surface area contributed by atoms with Gasteiger partial charge in [0, 0.05) is 48.5 Å². The smallest absolute Gasteiger partial charge is 0.165 e. The molecule has 1 aromatic carbocycles. The molecule has 0 aliphatic carbocycles. The van der Waals surface area contributed by atoms with Crippen LogP contribution in [0.3, 0.4) is 0 Å². The lowest BCUT2D eigenvalue weighted by Crippen LogP contribution is -2.45. The maximum Gasteiger partial charge on any atom is 0.165 e. The number of aromatic nitrogens is 3. The third-order valence-electron chi connectivity index (χ3n) is 4.37. The Kier molecular flexibility index (Phi) is 3.67. The molecule has 3 heterocycles. The van der Waals surface area contributed by atoms with E-state index in [-0.39, 0.29) is 0 Å². The van der Waals surface area contributed by atoms with E-state index in [1.54, 1.807) is 0 Å². The van der Waals surface area contributed by atoms with Crippen molar-refractivity contribution in [2.75, 3.05) is 38.1 Å². The molecule has 5 nitrogen and oxygen atoms in total. The summed E-state index contributed by atoms with van der Waals surface area (Å²) in [5.74, 6) is 1.08. The quantitative estimate of drug-likeness (QED) is 0.725. The van der Waals surface area contributed by atoms with E-state index in [9.17, 15) is 0 Å². The SMILES string of the molecule is CN1CCN(c2ccnc3c(-c4ccccc4Cl)cnn23)CC1. The maximum atomic E-state index is 6.34. The molecule has 0 bridgehead atoms. The minimum atomic E-state index is 0.717. The van der Waals surface area contributed by atoms with Crippen LogP contribution in [0.5, 0.6) is 0 Å². The molecule has 1 aliphatic rings. The van der Waals surface area contributed by atoms with Crippen LogP contribution in [-0.2, 0) is 0 Å². The third kappa shape index (κ3) is 2.56. The second-order valence-corrected chi connectivity index (χ2v) is 6.27. The number of halogens is 1. The molecule has 1 saturated heterocycles. The minimum absolute atomic E-state index is 0.717. The van der Waals surface area contributed by atoms with Gasteiger partial charge in [-0.2, -0.15) is 9.61 Å². The van der Waals surface area contributed by atoms with Crippen molar-refractivity contribution in [3.63, 3.8) is 0 Å². The van der Waals surface area contributed by atoms with Gasteiger partial charge in [-0.25, -0.2) is 4.98 Å². The van der Waals surface area contributed by atoms with Crippen molar-refractivity contribution in [2.45, 2.75) is 0 Å². The van der Waals surface area contributed by atoms with Crippen LogP contribution in [0.1, 0.15) is 0 Å². The van der Waals surface area contributed by atoms with Crippen molar-refractivity contribution >= 4 is 23.1 Å². The highest BCUT2D eigenvalue weighted by molar-refractivity contribution is 6.33. The van der Waals surface area contributed by atoms with Crippen molar-refractivity contribution in [2.24, 2.45) is 0 Å². The Morgan fingerprint density at radius 2 is 1.78 bits per heavy atom. The highest BCUT2D eigenvalue weighted by Gasteiger charge is 2.19. The van der Waals surface area contributed by atoms with E-state index in [0.29, 0.717) is 5.02 Å². The molecule has 0 unspecified atom stereocenters. The summed E-state index contributed by atoms with van der Waals surface area (Å²) in [6.45, 7) is 4.11. The summed E-state index contributed by atoms with van der Waals surface area (Å²) in [6.07, 6.45) is 3.70. The highest BCUT2D eigenvalue weighted by Crippen LogP contribution is 2.31. The summed E-state index contributed by atoms with van der Waals surface area (Å²) in [6, 6.07) is 9.84. The van der Waals surface area contributed by atoms with Gasteiger partial charge in [-0.1, -0.05) is 29.8 Å². The summed E-state index contributed by atoms with van der Waals surface area (Å²) in [7, 11) is 2.16. The average Bonchev–Trinajstić information content (AvgIpc) is 3.00. The summed E-state index contributed by atoms with van der Waals surface area (Å²) < 4.78 is 1.92. The van der Waals surface area contributed by atoms with Crippen LogP contribution in [0.15, 0.2) is 42.7 Å². The molecular weight excluding hydrogens is 310 g/mol. The predicted molar refractivity (Wildman–Crippen MR) is 93.1 cm³/mol. The summed E-state index contributed by atoms with van der Waals surface area (Å²) >= 11 is 6.34. The third-order valence-corrected chi connectivity index (χ3v) is 4.70. The lowest BCUT2D eigenvalue weighted by Gasteiger charge is -2.33. The molecule has 1 aliphatic heterocycles. The van der Waals surface area contributed by atoms with E-state index >= 15 is 0 Å². The number of piperazine rings is 1. The lowest BCUT2D eigenvalue weighted by molar-refractivity contribution is 0.311. The van der Waals surface area contributed by atoms with Crippen LogP contribution in [-0.4, -0.2) is 52.7 Å². The number of benzene rings is 1. The second kappa shape index (κ2) is 5.83. The van der Waals surface area contributed by atoms with Gasteiger partial charge in [-0.3, -0.25) is 0 Å². The van der Waals surface area contributed by atoms with Gasteiger partial charge in [0.2, 0.25) is 0 Å². The second-order valence-electron chi connectivity index (χ2n) is 5.87. The Morgan fingerprint density at radius 1 is 1.00 bits per heavy atom. The summed E-state index contributed by atoms with van der Waals surface area (Å²) in [5, 5.41) is 5.29. The number of hydrogen-bond donors (Lipinski definition) is 0. The normalized spacial score (nSPS) is 16.2. The first kappa shape index (κ1) is 14.5. The van der Waals surface area contributed by atoms with Gasteiger partial charge in [-0.05, 0) is 19.2 Å². The fourth-order valence-electron chi connectivity index (χ4n) is 3.02. The van der Waals surface area contributed by atoms with Crippen molar-refractivity contribution in [1.82, 2.24) is 19.5 Å². The maximum absolute atomic E-state index is 6.34. The summed E-state index contributed by atoms with van der Waals surface area (Å²) in [4.78, 5) is 9.23. The molecule has 1 fully saturated rings. The molecule has 0 saturated carbocycles.